The fourth-order valence-corrected chi connectivity index (χ4v) is 4.58. The molecule has 3 aromatic rings. The second kappa shape index (κ2) is 5.42. The van der Waals surface area contributed by atoms with E-state index >= 15 is 0 Å². The zero-order valence-corrected chi connectivity index (χ0v) is 17.1. The minimum atomic E-state index is 0.215. The molecule has 0 fully saturated rings. The molecule has 1 aliphatic rings. The second-order valence-corrected chi connectivity index (χ2v) is 9.32. The van der Waals surface area contributed by atoms with E-state index in [0.29, 0.717) is 0 Å². The van der Waals surface area contributed by atoms with Crippen LogP contribution in [-0.2, 0) is 24.9 Å². The Morgan fingerprint density at radius 1 is 1.00 bits per heavy atom. The predicted octanol–water partition coefficient (Wildman–Crippen LogP) is 4.72. The van der Waals surface area contributed by atoms with Crippen molar-refractivity contribution in [2.45, 2.75) is 58.3 Å². The molecule has 0 aliphatic heterocycles. The molecule has 3 nitrogen and oxygen atoms in total. The smallest absolute Gasteiger partial charge is 0.238 e. The molecule has 0 N–H and O–H groups in total. The van der Waals surface area contributed by atoms with Gasteiger partial charge in [-0.25, -0.2) is 0 Å². The molecule has 0 saturated carbocycles. The van der Waals surface area contributed by atoms with E-state index in [1.165, 1.54) is 46.1 Å². The van der Waals surface area contributed by atoms with Gasteiger partial charge >= 0.3 is 0 Å². The summed E-state index contributed by atoms with van der Waals surface area (Å²) in [6.07, 6.45) is 4.65. The Labute approximate surface area is 156 Å². The lowest BCUT2D eigenvalue weighted by Gasteiger charge is -2.42. The number of nitrogens with zero attached hydrogens (tertiary/aromatic N) is 3. The molecule has 0 spiro atoms. The zero-order chi connectivity index (χ0) is 18.9. The predicted molar refractivity (Wildman–Crippen MR) is 107 cm³/mol. The molecule has 0 atom stereocenters. The maximum Gasteiger partial charge on any atom is 0.238 e. The van der Waals surface area contributed by atoms with E-state index in [1.54, 1.807) is 0 Å². The summed E-state index contributed by atoms with van der Waals surface area (Å²) in [5.41, 5.74) is 6.94. The van der Waals surface area contributed by atoms with Gasteiger partial charge in [-0.2, -0.15) is 9.67 Å². The van der Waals surface area contributed by atoms with Crippen molar-refractivity contribution in [2.24, 2.45) is 14.1 Å². The maximum atomic E-state index is 4.58. The highest BCUT2D eigenvalue weighted by atomic mass is 15.3. The van der Waals surface area contributed by atoms with Crippen LogP contribution in [0.3, 0.4) is 0 Å². The molecule has 4 rings (SSSR count). The Balaban J connectivity index is 2.10. The SMILES string of the molecule is Cc1cc(-c2c3cc4c(cc3cc[n+]2C)C(C)(C)CCC4(C)C)n(C)n1. The minimum Gasteiger partial charge on any atom is -0.262 e. The molecule has 1 aliphatic carbocycles. The van der Waals surface area contributed by atoms with Gasteiger partial charge in [0, 0.05) is 13.1 Å². The van der Waals surface area contributed by atoms with Crippen molar-refractivity contribution in [1.29, 1.82) is 0 Å². The Hall–Kier alpha value is -2.16. The van der Waals surface area contributed by atoms with Gasteiger partial charge in [0.25, 0.3) is 0 Å². The summed E-state index contributed by atoms with van der Waals surface area (Å²) in [7, 11) is 4.16. The van der Waals surface area contributed by atoms with Gasteiger partial charge in [0.2, 0.25) is 5.69 Å². The highest BCUT2D eigenvalue weighted by molar-refractivity contribution is 5.93. The van der Waals surface area contributed by atoms with Crippen molar-refractivity contribution >= 4 is 10.8 Å². The lowest BCUT2D eigenvalue weighted by molar-refractivity contribution is -0.659. The van der Waals surface area contributed by atoms with Gasteiger partial charge in [-0.05, 0) is 65.3 Å². The first-order valence-electron chi connectivity index (χ1n) is 9.58. The van der Waals surface area contributed by atoms with Gasteiger partial charge in [-0.1, -0.05) is 27.7 Å². The van der Waals surface area contributed by atoms with Crippen molar-refractivity contribution in [3.8, 4) is 11.4 Å². The van der Waals surface area contributed by atoms with Crippen molar-refractivity contribution in [3.05, 3.63) is 47.3 Å². The lowest BCUT2D eigenvalue weighted by atomic mass is 9.63. The molecular weight excluding hydrogens is 318 g/mol. The van der Waals surface area contributed by atoms with Crippen molar-refractivity contribution in [2.75, 3.05) is 0 Å². The molecule has 26 heavy (non-hydrogen) atoms. The fraction of sp³-hybridized carbons (Fsp3) is 0.478. The van der Waals surface area contributed by atoms with E-state index in [2.05, 4.69) is 81.8 Å². The fourth-order valence-electron chi connectivity index (χ4n) is 4.58. The topological polar surface area (TPSA) is 21.7 Å². The molecule has 0 bridgehead atoms. The average molecular weight is 349 g/mol. The number of fused-ring (bicyclic) bond motifs is 2. The van der Waals surface area contributed by atoms with Gasteiger partial charge in [-0.3, -0.25) is 4.68 Å². The molecule has 1 aromatic carbocycles. The summed E-state index contributed by atoms with van der Waals surface area (Å²) in [4.78, 5) is 0. The van der Waals surface area contributed by atoms with Crippen LogP contribution in [0.15, 0.2) is 30.5 Å². The molecule has 0 radical (unpaired) electrons. The number of aromatic nitrogens is 3. The molecule has 136 valence electrons. The third-order valence-corrected chi connectivity index (χ3v) is 6.35. The number of rotatable bonds is 1. The summed E-state index contributed by atoms with van der Waals surface area (Å²) in [6, 6.07) is 9.34. The lowest BCUT2D eigenvalue weighted by Crippen LogP contribution is -2.35. The standard InChI is InChI=1S/C23H30N3/c1-15-12-20(26(7)24-15)21-17-14-19-18(13-16(17)8-11-25(21)6)22(2,3)9-10-23(19,4)5/h8,11-14H,9-10H2,1-7H3/q+1. The summed E-state index contributed by atoms with van der Waals surface area (Å²) in [6.45, 7) is 11.6. The highest BCUT2D eigenvalue weighted by Crippen LogP contribution is 2.47. The molecule has 0 unspecified atom stereocenters. The van der Waals surface area contributed by atoms with Crippen LogP contribution < -0.4 is 4.57 Å². The van der Waals surface area contributed by atoms with E-state index in [9.17, 15) is 0 Å². The largest absolute Gasteiger partial charge is 0.262 e. The van der Waals surface area contributed by atoms with E-state index in [1.807, 2.05) is 11.7 Å². The van der Waals surface area contributed by atoms with Gasteiger partial charge in [-0.15, -0.1) is 0 Å². The van der Waals surface area contributed by atoms with Crippen LogP contribution in [0.1, 0.15) is 57.4 Å². The summed E-state index contributed by atoms with van der Waals surface area (Å²) >= 11 is 0. The van der Waals surface area contributed by atoms with E-state index in [-0.39, 0.29) is 10.8 Å². The average Bonchev–Trinajstić information content (AvgIpc) is 2.89. The molecule has 2 heterocycles. The van der Waals surface area contributed by atoms with Crippen LogP contribution in [0.4, 0.5) is 0 Å². The van der Waals surface area contributed by atoms with Crippen LogP contribution >= 0.6 is 0 Å². The third-order valence-electron chi connectivity index (χ3n) is 6.35. The number of hydrogen-bond acceptors (Lipinski definition) is 1. The first-order chi connectivity index (χ1) is 12.1. The van der Waals surface area contributed by atoms with Crippen LogP contribution in [-0.4, -0.2) is 9.78 Å². The zero-order valence-electron chi connectivity index (χ0n) is 17.1. The quantitative estimate of drug-likeness (QED) is 0.583. The van der Waals surface area contributed by atoms with Crippen molar-refractivity contribution in [1.82, 2.24) is 9.78 Å². The number of benzene rings is 1. The molecule has 3 heteroatoms. The van der Waals surface area contributed by atoms with Crippen LogP contribution in [0, 0.1) is 6.92 Å². The summed E-state index contributed by atoms with van der Waals surface area (Å²) in [5.74, 6) is 0. The number of hydrogen-bond donors (Lipinski definition) is 0. The Morgan fingerprint density at radius 2 is 1.62 bits per heavy atom. The molecule has 0 amide bonds. The van der Waals surface area contributed by atoms with Gasteiger partial charge < -0.3 is 0 Å². The number of pyridine rings is 1. The van der Waals surface area contributed by atoms with E-state index in [4.69, 9.17) is 0 Å². The third kappa shape index (κ3) is 2.48. The van der Waals surface area contributed by atoms with Gasteiger partial charge in [0.05, 0.1) is 11.1 Å². The maximum absolute atomic E-state index is 4.58. The Kier molecular flexibility index (Phi) is 3.60. The van der Waals surface area contributed by atoms with Crippen molar-refractivity contribution < 1.29 is 4.57 Å². The molecule has 0 saturated heterocycles. The molecular formula is C23H30N3+. The molecule has 2 aromatic heterocycles. The highest BCUT2D eigenvalue weighted by Gasteiger charge is 2.37. The van der Waals surface area contributed by atoms with E-state index in [0.717, 1.165) is 5.69 Å². The van der Waals surface area contributed by atoms with Crippen LogP contribution in [0.25, 0.3) is 22.2 Å². The van der Waals surface area contributed by atoms with Gasteiger partial charge in [0.1, 0.15) is 12.7 Å². The first kappa shape index (κ1) is 17.3. The normalized spacial score (nSPS) is 18.1. The first-order valence-corrected chi connectivity index (χ1v) is 9.58. The minimum absolute atomic E-state index is 0.215. The monoisotopic (exact) mass is 348 g/mol. The van der Waals surface area contributed by atoms with Gasteiger partial charge in [0.15, 0.2) is 6.20 Å². The van der Waals surface area contributed by atoms with Crippen molar-refractivity contribution in [3.63, 3.8) is 0 Å². The van der Waals surface area contributed by atoms with Crippen LogP contribution in [0.2, 0.25) is 0 Å². The Bertz CT molecular complexity index is 1020. The summed E-state index contributed by atoms with van der Waals surface area (Å²) < 4.78 is 4.23. The number of aryl methyl sites for hydroxylation is 3. The van der Waals surface area contributed by atoms with E-state index < -0.39 is 0 Å². The second-order valence-electron chi connectivity index (χ2n) is 9.32. The van der Waals surface area contributed by atoms with Crippen LogP contribution in [0.5, 0.6) is 0 Å². The summed E-state index contributed by atoms with van der Waals surface area (Å²) in [5, 5.41) is 7.22. The Morgan fingerprint density at radius 3 is 2.19 bits per heavy atom.